The molecule has 0 bridgehead atoms. The quantitative estimate of drug-likeness (QED) is 0.603. The van der Waals surface area contributed by atoms with Gasteiger partial charge in [0.15, 0.2) is 5.76 Å². The van der Waals surface area contributed by atoms with Crippen molar-refractivity contribution >= 4 is 33.3 Å². The lowest BCUT2D eigenvalue weighted by Gasteiger charge is -2.02. The molecule has 0 aliphatic heterocycles. The Morgan fingerprint density at radius 2 is 2.25 bits per heavy atom. The molecule has 0 saturated carbocycles. The van der Waals surface area contributed by atoms with E-state index in [2.05, 4.69) is 31.9 Å². The number of furan rings is 1. The molecule has 0 unspecified atom stereocenters. The first kappa shape index (κ1) is 9.67. The summed E-state index contributed by atoms with van der Waals surface area (Å²) in [6.07, 6.45) is 1.11. The van der Waals surface area contributed by atoms with Crippen LogP contribution in [0.25, 0.3) is 0 Å². The number of hydrogen-bond acceptors (Lipinski definition) is 2. The monoisotopic (exact) mass is 258 g/mol. The van der Waals surface area contributed by atoms with Crippen LogP contribution in [0.2, 0.25) is 0 Å². The zero-order chi connectivity index (χ0) is 9.35. The summed E-state index contributed by atoms with van der Waals surface area (Å²) in [4.78, 5) is 10.7. The molecule has 66 valence electrons. The number of Topliss-reactive ketones (excluding diaryl/α,β-unsaturated/α-hetero) is 1. The summed E-state index contributed by atoms with van der Waals surface area (Å²) in [7, 11) is 0. The number of rotatable bonds is 2. The highest BCUT2D eigenvalue weighted by Gasteiger charge is 2.39. The summed E-state index contributed by atoms with van der Waals surface area (Å²) >= 11 is 7.34. The van der Waals surface area contributed by atoms with Gasteiger partial charge in [0, 0.05) is 0 Å². The van der Waals surface area contributed by atoms with E-state index >= 15 is 0 Å². The Kier molecular flexibility index (Phi) is 2.53. The Hall–Kier alpha value is -0.420. The Morgan fingerprint density at radius 3 is 2.58 bits per heavy atom. The van der Waals surface area contributed by atoms with E-state index in [1.807, 2.05) is 0 Å². The molecule has 0 fully saturated rings. The van der Waals surface area contributed by atoms with Crippen LogP contribution >= 0.6 is 27.5 Å². The molecule has 12 heavy (non-hydrogen) atoms. The Bertz CT molecular complexity index is 305. The van der Waals surface area contributed by atoms with Crippen molar-refractivity contribution in [3.8, 4) is 0 Å². The van der Waals surface area contributed by atoms with Crippen molar-refractivity contribution in [1.29, 1.82) is 0 Å². The molecule has 0 aliphatic carbocycles. The zero-order valence-corrected chi connectivity index (χ0v) is 7.82. The molecule has 1 aromatic heterocycles. The fourth-order valence-corrected chi connectivity index (χ4v) is 1.05. The fourth-order valence-electron chi connectivity index (χ4n) is 0.584. The van der Waals surface area contributed by atoms with Gasteiger partial charge in [0.1, 0.15) is 0 Å². The van der Waals surface area contributed by atoms with Crippen LogP contribution in [-0.2, 0) is 0 Å². The van der Waals surface area contributed by atoms with Crippen molar-refractivity contribution in [2.24, 2.45) is 0 Å². The van der Waals surface area contributed by atoms with Gasteiger partial charge in [0.25, 0.3) is 5.78 Å². The van der Waals surface area contributed by atoms with E-state index in [1.54, 1.807) is 0 Å². The molecule has 0 saturated heterocycles. The van der Waals surface area contributed by atoms with Crippen molar-refractivity contribution in [2.45, 2.75) is 5.38 Å². The van der Waals surface area contributed by atoms with Gasteiger partial charge in [-0.1, -0.05) is 0 Å². The molecule has 0 N–H and O–H groups in total. The smallest absolute Gasteiger partial charge is 0.388 e. The second-order valence-electron chi connectivity index (χ2n) is 1.92. The Labute approximate surface area is 79.6 Å². The predicted molar refractivity (Wildman–Crippen MR) is 41.5 cm³/mol. The normalized spacial score (nSPS) is 11.7. The van der Waals surface area contributed by atoms with Gasteiger partial charge < -0.3 is 4.42 Å². The average molecular weight is 259 g/mol. The number of carbonyl (C=O) groups is 1. The minimum absolute atomic E-state index is 0.160. The van der Waals surface area contributed by atoms with Crippen molar-refractivity contribution in [3.05, 3.63) is 22.6 Å². The van der Waals surface area contributed by atoms with Crippen LogP contribution in [0.1, 0.15) is 10.6 Å². The highest BCUT2D eigenvalue weighted by atomic mass is 79.9. The van der Waals surface area contributed by atoms with Crippen molar-refractivity contribution < 1.29 is 18.0 Å². The molecule has 1 heterocycles. The first-order valence-corrected chi connectivity index (χ1v) is 3.94. The SMILES string of the molecule is O=C(c1occc1Br)C(F)(F)Cl. The molecule has 6 heteroatoms. The van der Waals surface area contributed by atoms with Crippen molar-refractivity contribution in [2.75, 3.05) is 0 Å². The lowest BCUT2D eigenvalue weighted by molar-refractivity contribution is 0.0505. The largest absolute Gasteiger partial charge is 0.460 e. The molecule has 1 aromatic rings. The van der Waals surface area contributed by atoms with Gasteiger partial charge in [0.05, 0.1) is 10.7 Å². The van der Waals surface area contributed by atoms with Crippen LogP contribution in [0.5, 0.6) is 0 Å². The van der Waals surface area contributed by atoms with Crippen molar-refractivity contribution in [1.82, 2.24) is 0 Å². The molecule has 1 rings (SSSR count). The molecular formula is C6H2BrClF2O2. The highest BCUT2D eigenvalue weighted by molar-refractivity contribution is 9.10. The Balaban J connectivity index is 3.01. The van der Waals surface area contributed by atoms with Gasteiger partial charge in [-0.2, -0.15) is 8.78 Å². The standard InChI is InChI=1S/C6H2BrClF2O2/c7-3-1-2-12-4(3)5(11)6(8,9)10/h1-2H. The summed E-state index contributed by atoms with van der Waals surface area (Å²) in [5, 5.41) is -3.92. The van der Waals surface area contributed by atoms with E-state index in [1.165, 1.54) is 6.07 Å². The number of hydrogen-bond donors (Lipinski definition) is 0. The molecule has 0 amide bonds. The minimum Gasteiger partial charge on any atom is -0.460 e. The lowest BCUT2D eigenvalue weighted by Crippen LogP contribution is -2.21. The van der Waals surface area contributed by atoms with E-state index in [0.717, 1.165) is 6.26 Å². The predicted octanol–water partition coefficient (Wildman–Crippen LogP) is 3.06. The van der Waals surface area contributed by atoms with E-state index in [4.69, 9.17) is 0 Å². The van der Waals surface area contributed by atoms with Gasteiger partial charge >= 0.3 is 5.38 Å². The van der Waals surface area contributed by atoms with Crippen LogP contribution in [0.3, 0.4) is 0 Å². The summed E-state index contributed by atoms with van der Waals surface area (Å²) in [6, 6.07) is 1.33. The van der Waals surface area contributed by atoms with Gasteiger partial charge in [-0.05, 0) is 33.6 Å². The summed E-state index contributed by atoms with van der Waals surface area (Å²) in [5.41, 5.74) is 0. The molecule has 2 nitrogen and oxygen atoms in total. The molecule has 0 atom stereocenters. The van der Waals surface area contributed by atoms with Crippen LogP contribution < -0.4 is 0 Å². The van der Waals surface area contributed by atoms with Crippen molar-refractivity contribution in [3.63, 3.8) is 0 Å². The third-order valence-corrected chi connectivity index (χ3v) is 1.88. The van der Waals surface area contributed by atoms with E-state index in [0.29, 0.717) is 0 Å². The zero-order valence-electron chi connectivity index (χ0n) is 5.48. The Morgan fingerprint density at radius 1 is 1.67 bits per heavy atom. The van der Waals surface area contributed by atoms with Crippen LogP contribution in [-0.4, -0.2) is 11.2 Å². The first-order chi connectivity index (χ1) is 5.43. The van der Waals surface area contributed by atoms with Gasteiger partial charge in [-0.15, -0.1) is 0 Å². The fraction of sp³-hybridized carbons (Fsp3) is 0.167. The lowest BCUT2D eigenvalue weighted by atomic mass is 10.3. The maximum Gasteiger partial charge on any atom is 0.388 e. The van der Waals surface area contributed by atoms with Gasteiger partial charge in [0.2, 0.25) is 0 Å². The van der Waals surface area contributed by atoms with Crippen LogP contribution in [0, 0.1) is 0 Å². The average Bonchev–Trinajstić information content (AvgIpc) is 2.31. The second-order valence-corrected chi connectivity index (χ2v) is 3.25. The van der Waals surface area contributed by atoms with E-state index in [9.17, 15) is 13.6 Å². The molecule has 0 spiro atoms. The summed E-state index contributed by atoms with van der Waals surface area (Å²) in [6.45, 7) is 0. The first-order valence-electron chi connectivity index (χ1n) is 2.77. The van der Waals surface area contributed by atoms with Crippen LogP contribution in [0.4, 0.5) is 8.78 Å². The van der Waals surface area contributed by atoms with E-state index < -0.39 is 16.9 Å². The number of halogens is 4. The maximum atomic E-state index is 12.2. The number of ketones is 1. The minimum atomic E-state index is -3.92. The maximum absolute atomic E-state index is 12.2. The third kappa shape index (κ3) is 1.84. The summed E-state index contributed by atoms with van der Waals surface area (Å²) in [5.74, 6) is -2.03. The molecular weight excluding hydrogens is 257 g/mol. The van der Waals surface area contributed by atoms with Crippen LogP contribution in [0.15, 0.2) is 21.2 Å². The van der Waals surface area contributed by atoms with E-state index in [-0.39, 0.29) is 4.47 Å². The number of alkyl halides is 3. The topological polar surface area (TPSA) is 30.2 Å². The molecule has 0 aliphatic rings. The third-order valence-electron chi connectivity index (χ3n) is 1.08. The highest BCUT2D eigenvalue weighted by Crippen LogP contribution is 2.28. The number of carbonyl (C=O) groups excluding carboxylic acids is 1. The molecule has 0 aromatic carbocycles. The summed E-state index contributed by atoms with van der Waals surface area (Å²) < 4.78 is 29.0. The van der Waals surface area contributed by atoms with Gasteiger partial charge in [-0.3, -0.25) is 4.79 Å². The van der Waals surface area contributed by atoms with Gasteiger partial charge in [-0.25, -0.2) is 0 Å². The molecule has 0 radical (unpaired) electrons. The second kappa shape index (κ2) is 3.14.